The summed E-state index contributed by atoms with van der Waals surface area (Å²) in [6.45, 7) is 5.26. The van der Waals surface area contributed by atoms with E-state index in [1.54, 1.807) is 12.1 Å². The summed E-state index contributed by atoms with van der Waals surface area (Å²) in [7, 11) is -3.79. The highest BCUT2D eigenvalue weighted by atomic mass is 32.2. The number of rotatable bonds is 6. The molecule has 19 heavy (non-hydrogen) atoms. The number of aliphatic carboxylic acids is 1. The molecule has 1 aromatic carbocycles. The second kappa shape index (κ2) is 6.16. The van der Waals surface area contributed by atoms with E-state index in [1.807, 2.05) is 13.8 Å². The van der Waals surface area contributed by atoms with Gasteiger partial charge in [0.15, 0.2) is 0 Å². The average molecular weight is 285 g/mol. The Labute approximate surface area is 113 Å². The smallest absolute Gasteiger partial charge is 0.321 e. The standard InChI is InChI=1S/C13H19NO4S/c1-4-10-6-7-12(8-11(10)5-2)19(17,18)14-9(3)13(15)16/h6-9,14H,4-5H2,1-3H3,(H,15,16)/t9-/m0/s1. The molecule has 0 saturated carbocycles. The Morgan fingerprint density at radius 2 is 1.84 bits per heavy atom. The van der Waals surface area contributed by atoms with Gasteiger partial charge in [-0.3, -0.25) is 4.79 Å². The van der Waals surface area contributed by atoms with Crippen LogP contribution in [0.15, 0.2) is 23.1 Å². The molecule has 0 fully saturated rings. The van der Waals surface area contributed by atoms with E-state index in [1.165, 1.54) is 13.0 Å². The van der Waals surface area contributed by atoms with Gasteiger partial charge >= 0.3 is 5.97 Å². The number of aryl methyl sites for hydroxylation is 2. The first kappa shape index (κ1) is 15.7. The molecule has 0 aromatic heterocycles. The first-order chi connectivity index (χ1) is 8.81. The van der Waals surface area contributed by atoms with Gasteiger partial charge in [0, 0.05) is 0 Å². The molecule has 0 aliphatic carbocycles. The number of benzene rings is 1. The number of hydrogen-bond acceptors (Lipinski definition) is 3. The number of hydrogen-bond donors (Lipinski definition) is 2. The number of carboxylic acids is 1. The van der Waals surface area contributed by atoms with E-state index < -0.39 is 22.0 Å². The number of sulfonamides is 1. The van der Waals surface area contributed by atoms with Crippen LogP contribution >= 0.6 is 0 Å². The van der Waals surface area contributed by atoms with E-state index >= 15 is 0 Å². The molecule has 0 amide bonds. The van der Waals surface area contributed by atoms with E-state index in [0.29, 0.717) is 0 Å². The van der Waals surface area contributed by atoms with Crippen LogP contribution in [-0.2, 0) is 27.7 Å². The SMILES string of the molecule is CCc1ccc(S(=O)(=O)N[C@@H](C)C(=O)O)cc1CC. The van der Waals surface area contributed by atoms with Crippen molar-refractivity contribution in [2.24, 2.45) is 0 Å². The van der Waals surface area contributed by atoms with E-state index in [-0.39, 0.29) is 4.90 Å². The van der Waals surface area contributed by atoms with Crippen molar-refractivity contribution in [3.63, 3.8) is 0 Å². The van der Waals surface area contributed by atoms with E-state index in [4.69, 9.17) is 5.11 Å². The normalized spacial score (nSPS) is 13.2. The molecule has 2 N–H and O–H groups in total. The van der Waals surface area contributed by atoms with Gasteiger partial charge in [-0.25, -0.2) is 8.42 Å². The summed E-state index contributed by atoms with van der Waals surface area (Å²) in [5.74, 6) is -1.20. The van der Waals surface area contributed by atoms with Gasteiger partial charge in [0.05, 0.1) is 4.90 Å². The maximum Gasteiger partial charge on any atom is 0.321 e. The van der Waals surface area contributed by atoms with Crippen molar-refractivity contribution in [2.75, 3.05) is 0 Å². The van der Waals surface area contributed by atoms with E-state index in [9.17, 15) is 13.2 Å². The van der Waals surface area contributed by atoms with Gasteiger partial charge in [-0.05, 0) is 43.0 Å². The highest BCUT2D eigenvalue weighted by Crippen LogP contribution is 2.17. The fourth-order valence-corrected chi connectivity index (χ4v) is 3.04. The Bertz CT molecular complexity index is 566. The van der Waals surface area contributed by atoms with Gasteiger partial charge in [-0.15, -0.1) is 0 Å². The lowest BCUT2D eigenvalue weighted by Crippen LogP contribution is -2.38. The van der Waals surface area contributed by atoms with Gasteiger partial charge in [-0.2, -0.15) is 4.72 Å². The van der Waals surface area contributed by atoms with Gasteiger partial charge in [0.2, 0.25) is 10.0 Å². The zero-order valence-corrected chi connectivity index (χ0v) is 12.1. The van der Waals surface area contributed by atoms with Crippen molar-refractivity contribution in [1.82, 2.24) is 4.72 Å². The van der Waals surface area contributed by atoms with Gasteiger partial charge < -0.3 is 5.11 Å². The first-order valence-corrected chi connectivity index (χ1v) is 7.67. The minimum absolute atomic E-state index is 0.106. The van der Waals surface area contributed by atoms with E-state index in [0.717, 1.165) is 24.0 Å². The predicted octanol–water partition coefficient (Wildman–Crippen LogP) is 1.56. The molecule has 5 nitrogen and oxygen atoms in total. The third-order valence-electron chi connectivity index (χ3n) is 2.95. The van der Waals surface area contributed by atoms with Gasteiger partial charge in [0.1, 0.15) is 6.04 Å². The molecular weight excluding hydrogens is 266 g/mol. The fourth-order valence-electron chi connectivity index (χ4n) is 1.79. The molecule has 0 saturated heterocycles. The molecule has 0 radical (unpaired) electrons. The molecule has 0 bridgehead atoms. The Morgan fingerprint density at radius 3 is 2.32 bits per heavy atom. The number of carbonyl (C=O) groups is 1. The Hall–Kier alpha value is -1.40. The van der Waals surface area contributed by atoms with Crippen LogP contribution in [0.4, 0.5) is 0 Å². The van der Waals surface area contributed by atoms with Crippen LogP contribution in [0.25, 0.3) is 0 Å². The fraction of sp³-hybridized carbons (Fsp3) is 0.462. The molecule has 0 spiro atoms. The van der Waals surface area contributed by atoms with Gasteiger partial charge in [-0.1, -0.05) is 19.9 Å². The summed E-state index contributed by atoms with van der Waals surface area (Å²) in [4.78, 5) is 10.8. The minimum Gasteiger partial charge on any atom is -0.480 e. The quantitative estimate of drug-likeness (QED) is 0.831. The molecule has 6 heteroatoms. The van der Waals surface area contributed by atoms with Crippen molar-refractivity contribution in [1.29, 1.82) is 0 Å². The van der Waals surface area contributed by atoms with Crippen molar-refractivity contribution >= 4 is 16.0 Å². The Kier molecular flexibility index (Phi) is 5.08. The molecule has 0 aliphatic heterocycles. The van der Waals surface area contributed by atoms with Crippen LogP contribution in [0.3, 0.4) is 0 Å². The molecule has 0 unspecified atom stereocenters. The lowest BCUT2D eigenvalue weighted by molar-refractivity contribution is -0.138. The lowest BCUT2D eigenvalue weighted by atomic mass is 10.0. The summed E-state index contributed by atoms with van der Waals surface area (Å²) in [6.07, 6.45) is 1.57. The topological polar surface area (TPSA) is 83.5 Å². The number of carboxylic acid groups (broad SMARTS) is 1. The number of nitrogens with one attached hydrogen (secondary N) is 1. The van der Waals surface area contributed by atoms with Crippen LogP contribution in [0.2, 0.25) is 0 Å². The second-order valence-electron chi connectivity index (χ2n) is 4.32. The van der Waals surface area contributed by atoms with Crippen LogP contribution in [0.5, 0.6) is 0 Å². The third-order valence-corrected chi connectivity index (χ3v) is 4.49. The van der Waals surface area contributed by atoms with E-state index in [2.05, 4.69) is 4.72 Å². The molecule has 1 rings (SSSR count). The summed E-state index contributed by atoms with van der Waals surface area (Å²) in [6, 6.07) is 3.74. The van der Waals surface area contributed by atoms with Crippen LogP contribution in [0, 0.1) is 0 Å². The zero-order chi connectivity index (χ0) is 14.6. The second-order valence-corrected chi connectivity index (χ2v) is 6.03. The maximum atomic E-state index is 12.0. The monoisotopic (exact) mass is 285 g/mol. The molecule has 1 atom stereocenters. The molecule has 1 aromatic rings. The summed E-state index contributed by atoms with van der Waals surface area (Å²) < 4.78 is 26.2. The maximum absolute atomic E-state index is 12.0. The highest BCUT2D eigenvalue weighted by molar-refractivity contribution is 7.89. The molecule has 0 heterocycles. The Balaban J connectivity index is 3.12. The van der Waals surface area contributed by atoms with Gasteiger partial charge in [0.25, 0.3) is 0 Å². The average Bonchev–Trinajstić information content (AvgIpc) is 2.37. The molecular formula is C13H19NO4S. The summed E-state index contributed by atoms with van der Waals surface area (Å²) >= 11 is 0. The third kappa shape index (κ3) is 3.78. The summed E-state index contributed by atoms with van der Waals surface area (Å²) in [5, 5.41) is 8.75. The van der Waals surface area contributed by atoms with Crippen molar-refractivity contribution in [3.05, 3.63) is 29.3 Å². The molecule has 106 valence electrons. The predicted molar refractivity (Wildman–Crippen MR) is 72.6 cm³/mol. The van der Waals surface area contributed by atoms with Crippen molar-refractivity contribution in [2.45, 2.75) is 44.6 Å². The van der Waals surface area contributed by atoms with Crippen LogP contribution in [-0.4, -0.2) is 25.5 Å². The van der Waals surface area contributed by atoms with Crippen LogP contribution < -0.4 is 4.72 Å². The Morgan fingerprint density at radius 1 is 1.26 bits per heavy atom. The lowest BCUT2D eigenvalue weighted by Gasteiger charge is -2.12. The molecule has 0 aliphatic rings. The largest absolute Gasteiger partial charge is 0.480 e. The summed E-state index contributed by atoms with van der Waals surface area (Å²) in [5.41, 5.74) is 2.07. The van der Waals surface area contributed by atoms with Crippen molar-refractivity contribution < 1.29 is 18.3 Å². The van der Waals surface area contributed by atoms with Crippen LogP contribution in [0.1, 0.15) is 31.9 Å². The zero-order valence-electron chi connectivity index (χ0n) is 11.3. The minimum atomic E-state index is -3.79. The highest BCUT2D eigenvalue weighted by Gasteiger charge is 2.21. The first-order valence-electron chi connectivity index (χ1n) is 6.18. The van der Waals surface area contributed by atoms with Crippen molar-refractivity contribution in [3.8, 4) is 0 Å².